The molecule has 3 heterocycles. The van der Waals surface area contributed by atoms with Gasteiger partial charge in [-0.15, -0.1) is 0 Å². The third kappa shape index (κ3) is 4.68. The highest BCUT2D eigenvalue weighted by atomic mass is 19.4. The standard InChI is InChI=1S/C19H23F3N4O3/c1-11-7-13(16(27)29-18(2,3)4)26-15(8-11)24-25(17(26)28)10-12-5-6-14(23-9-12)19(20,21)22/h5-6,9,11,13H,7-8,10H2,1-4H3/t11-,13-/m1/s1. The topological polar surface area (TPSA) is 79.0 Å². The van der Waals surface area contributed by atoms with E-state index in [4.69, 9.17) is 4.74 Å². The first-order valence-electron chi connectivity index (χ1n) is 9.28. The molecule has 0 bridgehead atoms. The van der Waals surface area contributed by atoms with Crippen molar-refractivity contribution < 1.29 is 22.7 Å². The zero-order chi connectivity index (χ0) is 21.6. The molecule has 1 aliphatic heterocycles. The second kappa shape index (κ2) is 7.31. The van der Waals surface area contributed by atoms with Crippen LogP contribution in [0.1, 0.15) is 57.2 Å². The van der Waals surface area contributed by atoms with E-state index in [9.17, 15) is 22.8 Å². The van der Waals surface area contributed by atoms with E-state index in [-0.39, 0.29) is 12.5 Å². The Morgan fingerprint density at radius 3 is 2.52 bits per heavy atom. The molecule has 2 aromatic heterocycles. The molecule has 0 N–H and O–H groups in total. The van der Waals surface area contributed by atoms with Crippen LogP contribution in [0.25, 0.3) is 0 Å². The van der Waals surface area contributed by atoms with E-state index >= 15 is 0 Å². The van der Waals surface area contributed by atoms with Gasteiger partial charge >= 0.3 is 17.8 Å². The Bertz CT molecular complexity index is 955. The SMILES string of the molecule is C[C@H]1Cc2nn(Cc3ccc(C(F)(F)F)nc3)c(=O)n2[C@@H](C(=O)OC(C)(C)C)C1. The van der Waals surface area contributed by atoms with Crippen molar-refractivity contribution in [1.29, 1.82) is 0 Å². The van der Waals surface area contributed by atoms with Crippen LogP contribution in [0, 0.1) is 5.92 Å². The van der Waals surface area contributed by atoms with Crippen LogP contribution in [-0.2, 0) is 28.7 Å². The zero-order valence-electron chi connectivity index (χ0n) is 16.7. The number of rotatable bonds is 3. The molecular formula is C19H23F3N4O3. The van der Waals surface area contributed by atoms with Gasteiger partial charge in [0.05, 0.1) is 6.54 Å². The lowest BCUT2D eigenvalue weighted by atomic mass is 9.94. The van der Waals surface area contributed by atoms with Crippen LogP contribution in [0.2, 0.25) is 0 Å². The van der Waals surface area contributed by atoms with Gasteiger partial charge in [-0.3, -0.25) is 9.55 Å². The Hall–Kier alpha value is -2.65. The van der Waals surface area contributed by atoms with Crippen molar-refractivity contribution in [2.24, 2.45) is 5.92 Å². The molecule has 0 aliphatic carbocycles. The molecule has 7 nitrogen and oxygen atoms in total. The van der Waals surface area contributed by atoms with E-state index in [2.05, 4.69) is 10.1 Å². The van der Waals surface area contributed by atoms with Crippen LogP contribution in [-0.4, -0.2) is 30.9 Å². The molecule has 3 rings (SSSR count). The molecule has 2 aromatic rings. The number of ether oxygens (including phenoxy) is 1. The Morgan fingerprint density at radius 1 is 1.28 bits per heavy atom. The maximum atomic E-state index is 12.9. The van der Waals surface area contributed by atoms with E-state index in [1.54, 1.807) is 20.8 Å². The molecule has 158 valence electrons. The lowest BCUT2D eigenvalue weighted by Gasteiger charge is -2.29. The lowest BCUT2D eigenvalue weighted by molar-refractivity contribution is -0.160. The summed E-state index contributed by atoms with van der Waals surface area (Å²) in [5.41, 5.74) is -1.79. The van der Waals surface area contributed by atoms with E-state index in [1.165, 1.54) is 10.6 Å². The van der Waals surface area contributed by atoms with E-state index in [0.29, 0.717) is 24.2 Å². The summed E-state index contributed by atoms with van der Waals surface area (Å²) in [6, 6.07) is 1.34. The van der Waals surface area contributed by atoms with Gasteiger partial charge in [-0.2, -0.15) is 18.3 Å². The fourth-order valence-corrected chi connectivity index (χ4v) is 3.33. The predicted molar refractivity (Wildman–Crippen MR) is 97.2 cm³/mol. The Morgan fingerprint density at radius 2 is 1.97 bits per heavy atom. The van der Waals surface area contributed by atoms with Gasteiger partial charge in [0.15, 0.2) is 0 Å². The van der Waals surface area contributed by atoms with Gasteiger partial charge in [0.1, 0.15) is 23.2 Å². The number of carbonyl (C=O) groups is 1. The minimum atomic E-state index is -4.53. The number of hydrogen-bond donors (Lipinski definition) is 0. The average Bonchev–Trinajstić information content (AvgIpc) is 2.88. The summed E-state index contributed by atoms with van der Waals surface area (Å²) >= 11 is 0. The monoisotopic (exact) mass is 412 g/mol. The number of hydrogen-bond acceptors (Lipinski definition) is 5. The highest BCUT2D eigenvalue weighted by Gasteiger charge is 2.36. The molecule has 0 radical (unpaired) electrons. The third-order valence-electron chi connectivity index (χ3n) is 4.54. The second-order valence-corrected chi connectivity index (χ2v) is 8.37. The molecule has 0 saturated heterocycles. The summed E-state index contributed by atoms with van der Waals surface area (Å²) in [6.45, 7) is 7.18. The third-order valence-corrected chi connectivity index (χ3v) is 4.54. The number of aromatic nitrogens is 4. The van der Waals surface area contributed by atoms with Gasteiger partial charge in [0.2, 0.25) is 0 Å². The summed E-state index contributed by atoms with van der Waals surface area (Å²) in [6.07, 6.45) is -2.48. The number of esters is 1. The van der Waals surface area contributed by atoms with E-state index in [1.807, 2.05) is 6.92 Å². The molecule has 0 amide bonds. The highest BCUT2D eigenvalue weighted by Crippen LogP contribution is 2.29. The molecule has 2 atom stereocenters. The Labute approximate surface area is 165 Å². The molecule has 0 unspecified atom stereocenters. The minimum Gasteiger partial charge on any atom is -0.458 e. The van der Waals surface area contributed by atoms with Gasteiger partial charge in [-0.25, -0.2) is 14.3 Å². The Kier molecular flexibility index (Phi) is 5.31. The molecule has 29 heavy (non-hydrogen) atoms. The number of fused-ring (bicyclic) bond motifs is 1. The smallest absolute Gasteiger partial charge is 0.433 e. The van der Waals surface area contributed by atoms with Crippen LogP contribution in [0.15, 0.2) is 23.1 Å². The van der Waals surface area contributed by atoms with E-state index in [0.717, 1.165) is 16.9 Å². The highest BCUT2D eigenvalue weighted by molar-refractivity contribution is 5.75. The minimum absolute atomic E-state index is 0.0423. The zero-order valence-corrected chi connectivity index (χ0v) is 16.7. The van der Waals surface area contributed by atoms with Gasteiger partial charge in [-0.05, 0) is 44.7 Å². The van der Waals surface area contributed by atoms with Gasteiger partial charge in [0, 0.05) is 12.6 Å². The average molecular weight is 412 g/mol. The van der Waals surface area contributed by atoms with Crippen molar-refractivity contribution >= 4 is 5.97 Å². The van der Waals surface area contributed by atoms with Crippen molar-refractivity contribution in [2.45, 2.75) is 64.9 Å². The number of nitrogens with zero attached hydrogens (tertiary/aromatic N) is 4. The largest absolute Gasteiger partial charge is 0.458 e. The van der Waals surface area contributed by atoms with Crippen molar-refractivity contribution in [3.63, 3.8) is 0 Å². The Balaban J connectivity index is 1.89. The van der Waals surface area contributed by atoms with Crippen LogP contribution in [0.5, 0.6) is 0 Å². The normalized spacial score (nSPS) is 19.7. The maximum Gasteiger partial charge on any atom is 0.433 e. The van der Waals surface area contributed by atoms with Crippen LogP contribution < -0.4 is 5.69 Å². The number of halogens is 3. The van der Waals surface area contributed by atoms with Crippen molar-refractivity contribution in [1.82, 2.24) is 19.3 Å². The van der Waals surface area contributed by atoms with Crippen molar-refractivity contribution in [2.75, 3.05) is 0 Å². The second-order valence-electron chi connectivity index (χ2n) is 8.37. The van der Waals surface area contributed by atoms with Crippen LogP contribution in [0.3, 0.4) is 0 Å². The quantitative estimate of drug-likeness (QED) is 0.725. The fraction of sp³-hybridized carbons (Fsp3) is 0.579. The number of carbonyl (C=O) groups excluding carboxylic acids is 1. The summed E-state index contributed by atoms with van der Waals surface area (Å²) < 4.78 is 45.9. The van der Waals surface area contributed by atoms with E-state index < -0.39 is 35.2 Å². The molecule has 0 saturated carbocycles. The molecular weight excluding hydrogens is 389 g/mol. The number of alkyl halides is 3. The number of pyridine rings is 1. The molecule has 1 aliphatic rings. The summed E-state index contributed by atoms with van der Waals surface area (Å²) in [5.74, 6) is 0.0932. The van der Waals surface area contributed by atoms with Crippen LogP contribution >= 0.6 is 0 Å². The molecule has 0 spiro atoms. The lowest BCUT2D eigenvalue weighted by Crippen LogP contribution is -2.39. The van der Waals surface area contributed by atoms with Crippen molar-refractivity contribution in [3.8, 4) is 0 Å². The first-order valence-corrected chi connectivity index (χ1v) is 9.28. The maximum absolute atomic E-state index is 12.9. The summed E-state index contributed by atoms with van der Waals surface area (Å²) in [4.78, 5) is 28.9. The fourth-order valence-electron chi connectivity index (χ4n) is 3.33. The molecule has 0 aromatic carbocycles. The van der Waals surface area contributed by atoms with Gasteiger partial charge < -0.3 is 4.74 Å². The summed E-state index contributed by atoms with van der Waals surface area (Å²) in [5, 5.41) is 4.31. The molecule has 10 heteroatoms. The van der Waals surface area contributed by atoms with Crippen molar-refractivity contribution in [3.05, 3.63) is 45.9 Å². The van der Waals surface area contributed by atoms with Crippen LogP contribution in [0.4, 0.5) is 13.2 Å². The van der Waals surface area contributed by atoms with Gasteiger partial charge in [0.25, 0.3) is 0 Å². The first-order chi connectivity index (χ1) is 13.3. The first kappa shape index (κ1) is 21.1. The molecule has 0 fully saturated rings. The summed E-state index contributed by atoms with van der Waals surface area (Å²) in [7, 11) is 0. The predicted octanol–water partition coefficient (Wildman–Crippen LogP) is 2.97. The van der Waals surface area contributed by atoms with Gasteiger partial charge in [-0.1, -0.05) is 13.0 Å².